The van der Waals surface area contributed by atoms with Crippen LogP contribution in [-0.4, -0.2) is 161 Å². The van der Waals surface area contributed by atoms with Gasteiger partial charge in [0.1, 0.15) is 23.4 Å². The number of hydrogen-bond acceptors (Lipinski definition) is 14. The minimum Gasteiger partial charge on any atom is -0.377 e. The lowest BCUT2D eigenvalue weighted by Gasteiger charge is -2.28. The minimum atomic E-state index is -2.37. The van der Waals surface area contributed by atoms with Crippen LogP contribution in [-0.2, 0) is 49.4 Å². The molecule has 368 valence electrons. The molecule has 4 aromatic rings. The molecule has 2 atom stereocenters. The fourth-order valence-corrected chi connectivity index (χ4v) is 8.07. The highest BCUT2D eigenvalue weighted by Crippen LogP contribution is 2.34. The summed E-state index contributed by atoms with van der Waals surface area (Å²) in [6, 6.07) is 13.3. The van der Waals surface area contributed by atoms with E-state index in [1.54, 1.807) is 54.4 Å². The first-order valence-corrected chi connectivity index (χ1v) is 22.4. The average Bonchev–Trinajstić information content (AvgIpc) is 3.97. The number of rotatable bonds is 25. The van der Waals surface area contributed by atoms with E-state index in [-0.39, 0.29) is 73.8 Å². The zero-order valence-corrected chi connectivity index (χ0v) is 37.8. The van der Waals surface area contributed by atoms with Gasteiger partial charge in [0, 0.05) is 68.7 Å². The summed E-state index contributed by atoms with van der Waals surface area (Å²) in [5.74, 6) is -6.07. The van der Waals surface area contributed by atoms with Crippen LogP contribution in [0.5, 0.6) is 0 Å². The van der Waals surface area contributed by atoms with Gasteiger partial charge in [-0.3, -0.25) is 43.8 Å². The molecule has 0 saturated carbocycles. The molecule has 2 saturated heterocycles. The van der Waals surface area contributed by atoms with Crippen LogP contribution in [0.25, 0.3) is 10.9 Å². The number of aliphatic hydroxyl groups is 1. The number of amides is 7. The number of nitrogens with one attached hydrogen (secondary N) is 4. The lowest BCUT2D eigenvalue weighted by Crippen LogP contribution is -2.54. The first-order valence-electron chi connectivity index (χ1n) is 22.4. The predicted molar refractivity (Wildman–Crippen MR) is 241 cm³/mol. The van der Waals surface area contributed by atoms with Gasteiger partial charge < -0.3 is 54.2 Å². The number of hydrogen-bond donors (Lipinski definition) is 5. The molecule has 0 bridgehead atoms. The van der Waals surface area contributed by atoms with Crippen molar-refractivity contribution in [3.63, 3.8) is 0 Å². The predicted octanol–water partition coefficient (Wildman–Crippen LogP) is 1.58. The number of aromatic amines is 1. The Bertz CT molecular complexity index is 2560. The molecule has 0 aliphatic carbocycles. The molecule has 7 amide bonds. The van der Waals surface area contributed by atoms with E-state index in [0.29, 0.717) is 94.4 Å². The molecule has 3 aliphatic heterocycles. The summed E-state index contributed by atoms with van der Waals surface area (Å²) >= 11 is 0. The van der Waals surface area contributed by atoms with E-state index >= 15 is 0 Å². The Labute approximate surface area is 394 Å². The number of H-pyrrole nitrogens is 1. The molecule has 3 aromatic carbocycles. The summed E-state index contributed by atoms with van der Waals surface area (Å²) in [6.45, 7) is 3.67. The monoisotopic (exact) mass is 961 g/mol. The van der Waals surface area contributed by atoms with Gasteiger partial charge in [0.2, 0.25) is 17.4 Å². The van der Waals surface area contributed by atoms with Crippen LogP contribution >= 0.6 is 0 Å². The molecule has 2 fully saturated rings. The first-order chi connectivity index (χ1) is 33.2. The molecule has 69 heavy (non-hydrogen) atoms. The third kappa shape index (κ3) is 12.1. The van der Waals surface area contributed by atoms with E-state index in [0.717, 1.165) is 17.0 Å². The third-order valence-corrected chi connectivity index (χ3v) is 11.7. The normalized spacial score (nSPS) is 18.0. The number of benzene rings is 3. The third-order valence-electron chi connectivity index (χ3n) is 11.7. The van der Waals surface area contributed by atoms with Crippen molar-refractivity contribution in [2.45, 2.75) is 37.5 Å². The molecule has 22 heteroatoms. The zero-order chi connectivity index (χ0) is 49.1. The number of piperidine rings is 1. The Hall–Kier alpha value is -6.69. The Morgan fingerprint density at radius 1 is 0.812 bits per heavy atom. The van der Waals surface area contributed by atoms with Crippen molar-refractivity contribution in [2.75, 3.05) is 103 Å². The van der Waals surface area contributed by atoms with Gasteiger partial charge in [-0.15, -0.1) is 0 Å². The van der Waals surface area contributed by atoms with Gasteiger partial charge in [0.25, 0.3) is 29.5 Å². The second kappa shape index (κ2) is 23.1. The highest BCUT2D eigenvalue weighted by molar-refractivity contribution is 6.25. The number of carbonyl (C=O) groups is 7. The van der Waals surface area contributed by atoms with Crippen LogP contribution in [0.1, 0.15) is 56.0 Å². The van der Waals surface area contributed by atoms with Gasteiger partial charge in [-0.2, -0.15) is 0 Å². The molecule has 4 heterocycles. The number of nitrogens with zero attached hydrogens (tertiary/aromatic N) is 3. The van der Waals surface area contributed by atoms with Gasteiger partial charge in [0.15, 0.2) is 0 Å². The maximum Gasteiger partial charge on any atom is 0.268 e. The molecule has 20 nitrogen and oxygen atoms in total. The standard InChI is InChI=1S/C47H53F2N7O13/c1-54(37-4-2-3-34-40(37)44(61)56(43(34)60)38-7-8-39(57)53-42(38)59)12-14-66-16-18-68-20-22-69-21-19-67-17-15-65-13-10-50-41(58)36-26-30-25-33(5-6-35(30)52-36)55-11-9-47(64,46(55)63)45(62)51-28-29-23-31(48)27-32(49)24-29/h2-6,23-27,38,52,64H,7-22,28H2,1H3,(H,50,58)(H,51,62)(H,53,57,59). The number of imide groups is 2. The minimum absolute atomic E-state index is 0.0353. The Balaban J connectivity index is 0.690. The van der Waals surface area contributed by atoms with E-state index in [4.69, 9.17) is 23.7 Å². The molecule has 2 unspecified atom stereocenters. The molecule has 0 spiro atoms. The van der Waals surface area contributed by atoms with E-state index in [2.05, 4.69) is 20.9 Å². The fraction of sp³-hybridized carbons (Fsp3) is 0.426. The Morgan fingerprint density at radius 3 is 2.13 bits per heavy atom. The van der Waals surface area contributed by atoms with Crippen LogP contribution < -0.4 is 25.8 Å². The summed E-state index contributed by atoms with van der Waals surface area (Å²) in [7, 11) is 1.78. The van der Waals surface area contributed by atoms with Crippen molar-refractivity contribution in [1.29, 1.82) is 0 Å². The number of ether oxygens (including phenoxy) is 5. The lowest BCUT2D eigenvalue weighted by molar-refractivity contribution is -0.149. The largest absolute Gasteiger partial charge is 0.377 e. The van der Waals surface area contributed by atoms with E-state index < -0.39 is 58.7 Å². The van der Waals surface area contributed by atoms with Gasteiger partial charge in [-0.25, -0.2) is 8.78 Å². The number of carbonyl (C=O) groups excluding carboxylic acids is 7. The zero-order valence-electron chi connectivity index (χ0n) is 37.8. The van der Waals surface area contributed by atoms with Crippen molar-refractivity contribution in [1.82, 2.24) is 25.8 Å². The summed E-state index contributed by atoms with van der Waals surface area (Å²) in [5.41, 5.74) is 0.0267. The fourth-order valence-electron chi connectivity index (χ4n) is 8.07. The number of aromatic nitrogens is 1. The maximum absolute atomic E-state index is 13.5. The Morgan fingerprint density at radius 2 is 1.46 bits per heavy atom. The lowest BCUT2D eigenvalue weighted by atomic mass is 10.0. The summed E-state index contributed by atoms with van der Waals surface area (Å²) in [5, 5.41) is 19.0. The van der Waals surface area contributed by atoms with E-state index in [9.17, 15) is 47.4 Å². The van der Waals surface area contributed by atoms with Gasteiger partial charge in [-0.05, 0) is 60.5 Å². The molecule has 7 rings (SSSR count). The van der Waals surface area contributed by atoms with Crippen LogP contribution in [0.4, 0.5) is 20.2 Å². The van der Waals surface area contributed by atoms with Crippen molar-refractivity contribution in [3.05, 3.63) is 94.7 Å². The molecular formula is C47H53F2N7O13. The Kier molecular flexibility index (Phi) is 16.8. The average molecular weight is 962 g/mol. The van der Waals surface area contributed by atoms with Crippen LogP contribution in [0.3, 0.4) is 0 Å². The van der Waals surface area contributed by atoms with Crippen LogP contribution in [0.15, 0.2) is 60.7 Å². The van der Waals surface area contributed by atoms with Crippen molar-refractivity contribution < 1.29 is 71.1 Å². The maximum atomic E-state index is 13.5. The SMILES string of the molecule is CN(CCOCCOCCOCCOCCOCCNC(=O)c1cc2cc(N3CCC(O)(C(=O)NCc4cc(F)cc(F)c4)C3=O)ccc2[nH]1)c1cccc2c1C(=O)N(C1CCC(=O)NC1=O)C2=O. The molecule has 1 aromatic heterocycles. The highest BCUT2D eigenvalue weighted by Gasteiger charge is 2.52. The molecule has 3 aliphatic rings. The van der Waals surface area contributed by atoms with Crippen LogP contribution in [0, 0.1) is 11.6 Å². The number of anilines is 2. The van der Waals surface area contributed by atoms with E-state index in [1.165, 1.54) is 4.90 Å². The van der Waals surface area contributed by atoms with E-state index in [1.807, 2.05) is 0 Å². The van der Waals surface area contributed by atoms with Crippen molar-refractivity contribution in [2.24, 2.45) is 0 Å². The number of fused-ring (bicyclic) bond motifs is 2. The summed E-state index contributed by atoms with van der Waals surface area (Å²) < 4.78 is 54.9. The van der Waals surface area contributed by atoms with Gasteiger partial charge >= 0.3 is 0 Å². The molecule has 0 radical (unpaired) electrons. The molecule has 5 N–H and O–H groups in total. The second-order valence-electron chi connectivity index (χ2n) is 16.4. The quantitative estimate of drug-likeness (QED) is 0.0360. The summed E-state index contributed by atoms with van der Waals surface area (Å²) in [4.78, 5) is 96.4. The highest BCUT2D eigenvalue weighted by atomic mass is 19.1. The number of halogens is 2. The van der Waals surface area contributed by atoms with Crippen molar-refractivity contribution in [3.8, 4) is 0 Å². The van der Waals surface area contributed by atoms with Crippen molar-refractivity contribution >= 4 is 63.6 Å². The van der Waals surface area contributed by atoms with Gasteiger partial charge in [-0.1, -0.05) is 6.07 Å². The second-order valence-corrected chi connectivity index (χ2v) is 16.4. The summed E-state index contributed by atoms with van der Waals surface area (Å²) in [6.07, 6.45) is -0.0749. The van der Waals surface area contributed by atoms with Crippen LogP contribution in [0.2, 0.25) is 0 Å². The smallest absolute Gasteiger partial charge is 0.268 e. The number of likely N-dealkylation sites (N-methyl/N-ethyl adjacent to an activating group) is 1. The first kappa shape index (κ1) is 50.2. The van der Waals surface area contributed by atoms with Gasteiger partial charge in [0.05, 0.1) is 82.9 Å². The molecular weight excluding hydrogens is 909 g/mol. The topological polar surface area (TPSA) is 247 Å².